The molecule has 4 N–H and O–H groups in total. The van der Waals surface area contributed by atoms with E-state index in [-0.39, 0.29) is 6.42 Å². The van der Waals surface area contributed by atoms with Gasteiger partial charge >= 0.3 is 11.9 Å². The van der Waals surface area contributed by atoms with Gasteiger partial charge in [0.15, 0.2) is 11.3 Å². The molecule has 6 heteroatoms. The Bertz CT molecular complexity index is 485. The first-order chi connectivity index (χ1) is 8.00. The smallest absolute Gasteiger partial charge is 0.332 e. The molecule has 0 spiro atoms. The fraction of sp³-hybridized carbons (Fsp3) is 0.750. The highest BCUT2D eigenvalue weighted by Crippen LogP contribution is 2.73. The van der Waals surface area contributed by atoms with Crippen LogP contribution in [-0.4, -0.2) is 33.5 Å². The van der Waals surface area contributed by atoms with Gasteiger partial charge in [-0.15, -0.1) is 0 Å². The number of rotatable bonds is 2. The highest BCUT2D eigenvalue weighted by atomic mass is 16.4. The van der Waals surface area contributed by atoms with E-state index in [1.54, 1.807) is 20.8 Å². The van der Waals surface area contributed by atoms with Crippen molar-refractivity contribution in [2.45, 2.75) is 39.2 Å². The lowest BCUT2D eigenvalue weighted by molar-refractivity contribution is -0.170. The summed E-state index contributed by atoms with van der Waals surface area (Å²) in [6.45, 7) is 4.88. The number of fused-ring (bicyclic) bond motifs is 2. The average molecular weight is 255 g/mol. The molecular formula is C12H17NO5. The summed E-state index contributed by atoms with van der Waals surface area (Å²) in [5, 5.41) is 18.9. The summed E-state index contributed by atoms with van der Waals surface area (Å²) >= 11 is 0. The van der Waals surface area contributed by atoms with Gasteiger partial charge in [-0.2, -0.15) is 0 Å². The third kappa shape index (κ3) is 0.838. The number of hydrogen-bond donors (Lipinski definition) is 3. The molecule has 2 saturated carbocycles. The maximum absolute atomic E-state index is 12.4. The second-order valence-electron chi connectivity index (χ2n) is 6.11. The molecule has 2 rings (SSSR count). The third-order valence-electron chi connectivity index (χ3n) is 5.68. The molecule has 0 amide bonds. The monoisotopic (exact) mass is 255 g/mol. The van der Waals surface area contributed by atoms with Gasteiger partial charge in [0.1, 0.15) is 5.41 Å². The lowest BCUT2D eigenvalue weighted by Crippen LogP contribution is -2.68. The van der Waals surface area contributed by atoms with Crippen LogP contribution in [0.1, 0.15) is 33.6 Å². The first-order valence-electron chi connectivity index (χ1n) is 5.81. The Labute approximate surface area is 104 Å². The third-order valence-corrected chi connectivity index (χ3v) is 5.68. The highest BCUT2D eigenvalue weighted by Gasteiger charge is 2.85. The standard InChI is InChI=1S/C12H17NO5/c1-9(2)10(3)4-5-11(9,7(15)16)12(13,6(10)14)8(17)18/h4-5,13H2,1-3H3,(H,15,16)(H,17,18). The van der Waals surface area contributed by atoms with E-state index in [1.165, 1.54) is 0 Å². The molecular weight excluding hydrogens is 238 g/mol. The van der Waals surface area contributed by atoms with E-state index < -0.39 is 39.5 Å². The van der Waals surface area contributed by atoms with Crippen LogP contribution in [0, 0.1) is 16.2 Å². The van der Waals surface area contributed by atoms with E-state index in [9.17, 15) is 24.6 Å². The van der Waals surface area contributed by atoms with E-state index in [2.05, 4.69) is 0 Å². The number of aliphatic carboxylic acids is 2. The number of ketones is 1. The van der Waals surface area contributed by atoms with Crippen molar-refractivity contribution in [2.24, 2.45) is 22.0 Å². The van der Waals surface area contributed by atoms with Crippen LogP contribution in [0.15, 0.2) is 0 Å². The van der Waals surface area contributed by atoms with E-state index in [4.69, 9.17) is 5.73 Å². The van der Waals surface area contributed by atoms with Gasteiger partial charge in [0.05, 0.1) is 0 Å². The normalized spacial score (nSPS) is 45.2. The molecule has 18 heavy (non-hydrogen) atoms. The van der Waals surface area contributed by atoms with Crippen molar-refractivity contribution < 1.29 is 24.6 Å². The Kier molecular flexibility index (Phi) is 2.12. The number of hydrogen-bond acceptors (Lipinski definition) is 4. The van der Waals surface area contributed by atoms with Crippen molar-refractivity contribution in [3.05, 3.63) is 0 Å². The molecule has 0 radical (unpaired) electrons. The summed E-state index contributed by atoms with van der Waals surface area (Å²) < 4.78 is 0. The largest absolute Gasteiger partial charge is 0.481 e. The number of carboxylic acid groups (broad SMARTS) is 2. The zero-order valence-corrected chi connectivity index (χ0v) is 10.6. The van der Waals surface area contributed by atoms with Gasteiger partial charge in [0.2, 0.25) is 0 Å². The minimum atomic E-state index is -2.34. The first-order valence-corrected chi connectivity index (χ1v) is 5.81. The Morgan fingerprint density at radius 1 is 1.11 bits per heavy atom. The molecule has 2 bridgehead atoms. The van der Waals surface area contributed by atoms with Gasteiger partial charge in [-0.25, -0.2) is 4.79 Å². The summed E-state index contributed by atoms with van der Waals surface area (Å²) in [7, 11) is 0. The van der Waals surface area contributed by atoms with Crippen LogP contribution >= 0.6 is 0 Å². The molecule has 0 heterocycles. The van der Waals surface area contributed by atoms with Crippen LogP contribution in [0.4, 0.5) is 0 Å². The molecule has 2 fully saturated rings. The van der Waals surface area contributed by atoms with E-state index in [0.29, 0.717) is 6.42 Å². The number of carbonyl (C=O) groups is 3. The van der Waals surface area contributed by atoms with Crippen molar-refractivity contribution in [2.75, 3.05) is 0 Å². The first kappa shape index (κ1) is 13.0. The number of carbonyl (C=O) groups excluding carboxylic acids is 1. The van der Waals surface area contributed by atoms with Crippen molar-refractivity contribution in [1.82, 2.24) is 0 Å². The van der Waals surface area contributed by atoms with Crippen molar-refractivity contribution in [1.29, 1.82) is 0 Å². The van der Waals surface area contributed by atoms with Crippen LogP contribution < -0.4 is 5.73 Å². The summed E-state index contributed by atoms with van der Waals surface area (Å²) in [5.74, 6) is -3.51. The Morgan fingerprint density at radius 2 is 1.61 bits per heavy atom. The molecule has 0 aromatic heterocycles. The molecule has 100 valence electrons. The SMILES string of the molecule is CC12CCC(C(=O)O)(C(N)(C(=O)O)C1=O)C2(C)C. The molecule has 6 nitrogen and oxygen atoms in total. The summed E-state index contributed by atoms with van der Waals surface area (Å²) in [4.78, 5) is 35.6. The maximum Gasteiger partial charge on any atom is 0.332 e. The molecule has 0 aromatic carbocycles. The lowest BCUT2D eigenvalue weighted by Gasteiger charge is -2.41. The highest BCUT2D eigenvalue weighted by molar-refractivity contribution is 6.18. The summed E-state index contributed by atoms with van der Waals surface area (Å²) in [6.07, 6.45) is 0.470. The van der Waals surface area contributed by atoms with E-state index in [1.807, 2.05) is 0 Å². The van der Waals surface area contributed by atoms with Crippen molar-refractivity contribution in [3.63, 3.8) is 0 Å². The fourth-order valence-corrected chi connectivity index (χ4v) is 4.07. The zero-order chi connectivity index (χ0) is 14.1. The number of Topliss-reactive ketones (excluding diaryl/α,β-unsaturated/α-hetero) is 1. The lowest BCUT2D eigenvalue weighted by atomic mass is 9.61. The van der Waals surface area contributed by atoms with E-state index >= 15 is 0 Å². The van der Waals surface area contributed by atoms with Crippen LogP contribution in [0.25, 0.3) is 0 Å². The van der Waals surface area contributed by atoms with Gasteiger partial charge in [-0.05, 0) is 18.3 Å². The molecule has 0 aliphatic heterocycles. The van der Waals surface area contributed by atoms with Gasteiger partial charge in [0.25, 0.3) is 0 Å². The van der Waals surface area contributed by atoms with Gasteiger partial charge in [-0.1, -0.05) is 20.8 Å². The minimum Gasteiger partial charge on any atom is -0.481 e. The molecule has 3 unspecified atom stereocenters. The summed E-state index contributed by atoms with van der Waals surface area (Å²) in [6, 6.07) is 0. The Hall–Kier alpha value is -1.43. The van der Waals surface area contributed by atoms with Crippen molar-refractivity contribution >= 4 is 17.7 Å². The molecule has 2 aliphatic rings. The summed E-state index contributed by atoms with van der Waals surface area (Å²) in [5.41, 5.74) is -0.270. The minimum absolute atomic E-state index is 0.111. The van der Waals surface area contributed by atoms with Crippen LogP contribution in [0.2, 0.25) is 0 Å². The van der Waals surface area contributed by atoms with E-state index in [0.717, 1.165) is 0 Å². The molecule has 2 aliphatic carbocycles. The van der Waals surface area contributed by atoms with Crippen LogP contribution in [0.5, 0.6) is 0 Å². The average Bonchev–Trinajstić information content (AvgIpc) is 2.50. The van der Waals surface area contributed by atoms with Crippen LogP contribution in [0.3, 0.4) is 0 Å². The molecule has 0 aromatic rings. The topological polar surface area (TPSA) is 118 Å². The van der Waals surface area contributed by atoms with Crippen LogP contribution in [-0.2, 0) is 14.4 Å². The second-order valence-corrected chi connectivity index (χ2v) is 6.11. The van der Waals surface area contributed by atoms with Gasteiger partial charge < -0.3 is 15.9 Å². The second kappa shape index (κ2) is 2.93. The molecule has 0 saturated heterocycles. The van der Waals surface area contributed by atoms with Crippen molar-refractivity contribution in [3.8, 4) is 0 Å². The number of carboxylic acids is 2. The predicted molar refractivity (Wildman–Crippen MR) is 60.8 cm³/mol. The zero-order valence-electron chi connectivity index (χ0n) is 10.6. The van der Waals surface area contributed by atoms with Gasteiger partial charge in [-0.3, -0.25) is 9.59 Å². The predicted octanol–water partition coefficient (Wildman–Crippen LogP) is 0.248. The Morgan fingerprint density at radius 3 is 1.94 bits per heavy atom. The Balaban J connectivity index is 2.85. The molecule has 3 atom stereocenters. The van der Waals surface area contributed by atoms with Gasteiger partial charge in [0, 0.05) is 5.41 Å². The quantitative estimate of drug-likeness (QED) is 0.609. The fourth-order valence-electron chi connectivity index (χ4n) is 4.07. The number of nitrogens with two attached hydrogens (primary N) is 1. The maximum atomic E-state index is 12.4.